The predicted octanol–water partition coefficient (Wildman–Crippen LogP) is 2.94. The standard InChI is InChI=1S/C15H17NO5/c1-21-15-7-6-11(8-12(15)16(19)20)14(18)9-10-4-2-3-5-13(10)17/h6-8,10H,2-5,9H2,1H3. The van der Waals surface area contributed by atoms with E-state index in [0.717, 1.165) is 19.3 Å². The zero-order valence-corrected chi connectivity index (χ0v) is 11.8. The first-order chi connectivity index (χ1) is 10.0. The minimum absolute atomic E-state index is 0.116. The van der Waals surface area contributed by atoms with Crippen LogP contribution in [0.15, 0.2) is 18.2 Å². The van der Waals surface area contributed by atoms with Gasteiger partial charge in [-0.1, -0.05) is 6.42 Å². The number of benzene rings is 1. The third-order valence-corrected chi connectivity index (χ3v) is 3.81. The molecule has 1 aromatic rings. The van der Waals surface area contributed by atoms with E-state index in [9.17, 15) is 19.7 Å². The molecule has 2 rings (SSSR count). The van der Waals surface area contributed by atoms with Gasteiger partial charge in [-0.05, 0) is 25.0 Å². The molecule has 1 atom stereocenters. The molecule has 1 aliphatic carbocycles. The predicted molar refractivity (Wildman–Crippen MR) is 75.6 cm³/mol. The third-order valence-electron chi connectivity index (χ3n) is 3.81. The van der Waals surface area contributed by atoms with Crippen LogP contribution < -0.4 is 4.74 Å². The number of methoxy groups -OCH3 is 1. The van der Waals surface area contributed by atoms with Crippen LogP contribution in [-0.2, 0) is 4.79 Å². The molecule has 0 amide bonds. The highest BCUT2D eigenvalue weighted by atomic mass is 16.6. The molecular weight excluding hydrogens is 274 g/mol. The Morgan fingerprint density at radius 2 is 2.19 bits per heavy atom. The monoisotopic (exact) mass is 291 g/mol. The fourth-order valence-corrected chi connectivity index (χ4v) is 2.62. The molecule has 1 saturated carbocycles. The van der Waals surface area contributed by atoms with Crippen LogP contribution in [0.3, 0.4) is 0 Å². The van der Waals surface area contributed by atoms with E-state index in [1.807, 2.05) is 0 Å². The Balaban J connectivity index is 2.17. The number of Topliss-reactive ketones (excluding diaryl/α,β-unsaturated/α-hetero) is 2. The first-order valence-electron chi connectivity index (χ1n) is 6.91. The summed E-state index contributed by atoms with van der Waals surface area (Å²) >= 11 is 0. The lowest BCUT2D eigenvalue weighted by Gasteiger charge is -2.19. The van der Waals surface area contributed by atoms with Gasteiger partial charge in [-0.2, -0.15) is 0 Å². The molecule has 6 heteroatoms. The van der Waals surface area contributed by atoms with Gasteiger partial charge in [0.2, 0.25) is 0 Å². The highest BCUT2D eigenvalue weighted by Gasteiger charge is 2.26. The lowest BCUT2D eigenvalue weighted by Crippen LogP contribution is -2.22. The Bertz CT molecular complexity index is 581. The number of carbonyl (C=O) groups excluding carboxylic acids is 2. The molecule has 0 bridgehead atoms. The minimum Gasteiger partial charge on any atom is -0.490 e. The second-order valence-corrected chi connectivity index (χ2v) is 5.18. The van der Waals surface area contributed by atoms with Gasteiger partial charge in [0.1, 0.15) is 5.78 Å². The SMILES string of the molecule is COc1ccc(C(=O)CC2CCCCC2=O)cc1[N+](=O)[O-]. The summed E-state index contributed by atoms with van der Waals surface area (Å²) in [7, 11) is 1.34. The van der Waals surface area contributed by atoms with Crippen molar-refractivity contribution in [3.8, 4) is 5.75 Å². The number of ketones is 2. The third kappa shape index (κ3) is 3.45. The molecule has 0 aromatic heterocycles. The molecule has 0 aliphatic heterocycles. The smallest absolute Gasteiger partial charge is 0.311 e. The van der Waals surface area contributed by atoms with Crippen LogP contribution in [0.5, 0.6) is 5.75 Å². The van der Waals surface area contributed by atoms with Crippen molar-refractivity contribution in [3.63, 3.8) is 0 Å². The van der Waals surface area contributed by atoms with E-state index in [0.29, 0.717) is 6.42 Å². The van der Waals surface area contributed by atoms with Crippen molar-refractivity contribution in [2.24, 2.45) is 5.92 Å². The van der Waals surface area contributed by atoms with E-state index >= 15 is 0 Å². The number of carbonyl (C=O) groups is 2. The van der Waals surface area contributed by atoms with Crippen LogP contribution in [0, 0.1) is 16.0 Å². The molecule has 1 aromatic carbocycles. The Morgan fingerprint density at radius 1 is 1.43 bits per heavy atom. The minimum atomic E-state index is -0.582. The molecular formula is C15H17NO5. The molecule has 112 valence electrons. The summed E-state index contributed by atoms with van der Waals surface area (Å²) in [6, 6.07) is 4.13. The topological polar surface area (TPSA) is 86.5 Å². The van der Waals surface area contributed by atoms with E-state index in [1.54, 1.807) is 0 Å². The summed E-state index contributed by atoms with van der Waals surface area (Å²) in [4.78, 5) is 34.3. The number of hydrogen-bond donors (Lipinski definition) is 0. The highest BCUT2D eigenvalue weighted by Crippen LogP contribution is 2.30. The molecule has 0 spiro atoms. The molecule has 1 fully saturated rings. The maximum atomic E-state index is 12.2. The van der Waals surface area contributed by atoms with Crippen molar-refractivity contribution < 1.29 is 19.2 Å². The van der Waals surface area contributed by atoms with Crippen LogP contribution in [-0.4, -0.2) is 23.6 Å². The van der Waals surface area contributed by atoms with Gasteiger partial charge in [0.15, 0.2) is 11.5 Å². The zero-order chi connectivity index (χ0) is 15.4. The molecule has 6 nitrogen and oxygen atoms in total. The van der Waals surface area contributed by atoms with Crippen molar-refractivity contribution >= 4 is 17.3 Å². The second kappa shape index (κ2) is 6.47. The summed E-state index contributed by atoms with van der Waals surface area (Å²) < 4.78 is 4.90. The van der Waals surface area contributed by atoms with Gasteiger partial charge in [-0.15, -0.1) is 0 Å². The van der Waals surface area contributed by atoms with Gasteiger partial charge in [0.25, 0.3) is 0 Å². The van der Waals surface area contributed by atoms with E-state index in [4.69, 9.17) is 4.74 Å². The van der Waals surface area contributed by atoms with E-state index in [2.05, 4.69) is 0 Å². The Kier molecular flexibility index (Phi) is 4.67. The van der Waals surface area contributed by atoms with E-state index in [1.165, 1.54) is 25.3 Å². The number of rotatable bonds is 5. The van der Waals surface area contributed by atoms with Crippen molar-refractivity contribution in [2.45, 2.75) is 32.1 Å². The maximum Gasteiger partial charge on any atom is 0.311 e. The Morgan fingerprint density at radius 3 is 2.81 bits per heavy atom. The van der Waals surface area contributed by atoms with Gasteiger partial charge in [-0.3, -0.25) is 19.7 Å². The lowest BCUT2D eigenvalue weighted by molar-refractivity contribution is -0.385. The van der Waals surface area contributed by atoms with Gasteiger partial charge < -0.3 is 4.74 Å². The number of ether oxygens (including phenoxy) is 1. The van der Waals surface area contributed by atoms with Crippen LogP contribution in [0.2, 0.25) is 0 Å². The van der Waals surface area contributed by atoms with Crippen LogP contribution in [0.4, 0.5) is 5.69 Å². The first-order valence-corrected chi connectivity index (χ1v) is 6.91. The van der Waals surface area contributed by atoms with Crippen LogP contribution in [0.1, 0.15) is 42.5 Å². The number of nitro groups is 1. The fourth-order valence-electron chi connectivity index (χ4n) is 2.62. The molecule has 1 aliphatic rings. The van der Waals surface area contributed by atoms with Gasteiger partial charge in [0, 0.05) is 30.4 Å². The van der Waals surface area contributed by atoms with Crippen LogP contribution >= 0.6 is 0 Å². The largest absolute Gasteiger partial charge is 0.490 e. The van der Waals surface area contributed by atoms with E-state index in [-0.39, 0.29) is 40.9 Å². The lowest BCUT2D eigenvalue weighted by atomic mass is 9.83. The molecule has 0 N–H and O–H groups in total. The van der Waals surface area contributed by atoms with Crippen LogP contribution in [0.25, 0.3) is 0 Å². The summed E-state index contributed by atoms with van der Waals surface area (Å²) in [5.74, 6) is -0.240. The van der Waals surface area contributed by atoms with Gasteiger partial charge in [-0.25, -0.2) is 0 Å². The fraction of sp³-hybridized carbons (Fsp3) is 0.467. The molecule has 0 heterocycles. The Labute approximate surface area is 122 Å². The van der Waals surface area contributed by atoms with Crippen molar-refractivity contribution in [3.05, 3.63) is 33.9 Å². The average Bonchev–Trinajstić information content (AvgIpc) is 2.48. The quantitative estimate of drug-likeness (QED) is 0.473. The summed E-state index contributed by atoms with van der Waals surface area (Å²) in [6.45, 7) is 0. The first kappa shape index (κ1) is 15.2. The average molecular weight is 291 g/mol. The second-order valence-electron chi connectivity index (χ2n) is 5.18. The highest BCUT2D eigenvalue weighted by molar-refractivity contribution is 5.99. The molecule has 0 saturated heterocycles. The number of nitro benzene ring substituents is 1. The normalized spacial score (nSPS) is 18.3. The zero-order valence-electron chi connectivity index (χ0n) is 11.8. The van der Waals surface area contributed by atoms with Crippen molar-refractivity contribution in [2.75, 3.05) is 7.11 Å². The summed E-state index contributed by atoms with van der Waals surface area (Å²) in [5.41, 5.74) is 0.0131. The van der Waals surface area contributed by atoms with Gasteiger partial charge >= 0.3 is 5.69 Å². The summed E-state index contributed by atoms with van der Waals surface area (Å²) in [6.07, 6.45) is 3.22. The number of hydrogen-bond acceptors (Lipinski definition) is 5. The molecule has 21 heavy (non-hydrogen) atoms. The molecule has 1 unspecified atom stereocenters. The molecule has 0 radical (unpaired) electrons. The van der Waals surface area contributed by atoms with Crippen molar-refractivity contribution in [1.82, 2.24) is 0 Å². The Hall–Kier alpha value is -2.24. The van der Waals surface area contributed by atoms with Gasteiger partial charge in [0.05, 0.1) is 12.0 Å². The summed E-state index contributed by atoms with van der Waals surface area (Å²) in [5, 5.41) is 11.0. The van der Waals surface area contributed by atoms with E-state index < -0.39 is 4.92 Å². The van der Waals surface area contributed by atoms with Crippen molar-refractivity contribution in [1.29, 1.82) is 0 Å². The number of nitrogens with zero attached hydrogens (tertiary/aromatic N) is 1. The maximum absolute atomic E-state index is 12.2.